The van der Waals surface area contributed by atoms with Crippen molar-refractivity contribution in [3.05, 3.63) is 82.9 Å². The first-order valence-electron chi connectivity index (χ1n) is 9.62. The van der Waals surface area contributed by atoms with E-state index in [-0.39, 0.29) is 17.0 Å². The molecule has 0 saturated carbocycles. The molecule has 1 fully saturated rings. The van der Waals surface area contributed by atoms with Crippen molar-refractivity contribution in [3.8, 4) is 5.69 Å². The molecule has 0 amide bonds. The summed E-state index contributed by atoms with van der Waals surface area (Å²) in [4.78, 5) is 14.3. The fourth-order valence-corrected chi connectivity index (χ4v) is 4.91. The minimum absolute atomic E-state index is 0.0769. The molecule has 2 aromatic carbocycles. The minimum atomic E-state index is -3.70. The highest BCUT2D eigenvalue weighted by Gasteiger charge is 2.27. The van der Waals surface area contributed by atoms with Gasteiger partial charge in [-0.1, -0.05) is 18.2 Å². The lowest BCUT2D eigenvalue weighted by atomic mass is 10.3. The summed E-state index contributed by atoms with van der Waals surface area (Å²) >= 11 is 0. The lowest BCUT2D eigenvalue weighted by Gasteiger charge is -2.23. The number of hydrogen-bond acceptors (Lipinski definition) is 5. The van der Waals surface area contributed by atoms with E-state index in [4.69, 9.17) is 0 Å². The molecule has 0 N–H and O–H groups in total. The molecule has 1 aliphatic rings. The molecule has 0 radical (unpaired) electrons. The van der Waals surface area contributed by atoms with Crippen LogP contribution < -0.4 is 10.5 Å². The van der Waals surface area contributed by atoms with Gasteiger partial charge in [-0.05, 0) is 48.9 Å². The topological polar surface area (TPSA) is 75.5 Å². The summed E-state index contributed by atoms with van der Waals surface area (Å²) < 4.78 is 41.7. The van der Waals surface area contributed by atoms with Crippen LogP contribution in [0.5, 0.6) is 0 Å². The predicted molar refractivity (Wildman–Crippen MR) is 112 cm³/mol. The van der Waals surface area contributed by atoms with E-state index in [0.29, 0.717) is 37.6 Å². The first-order chi connectivity index (χ1) is 14.4. The maximum Gasteiger partial charge on any atom is 0.271 e. The number of halogens is 1. The van der Waals surface area contributed by atoms with Crippen LogP contribution in [0, 0.1) is 5.82 Å². The number of rotatable bonds is 4. The Bertz CT molecular complexity index is 1180. The van der Waals surface area contributed by atoms with Crippen LogP contribution in [0.2, 0.25) is 0 Å². The molecule has 0 atom stereocenters. The van der Waals surface area contributed by atoms with Crippen LogP contribution in [-0.4, -0.2) is 48.7 Å². The Kier molecular flexibility index (Phi) is 5.65. The summed E-state index contributed by atoms with van der Waals surface area (Å²) in [6.07, 6.45) is 0.604. The monoisotopic (exact) mass is 428 g/mol. The highest BCUT2D eigenvalue weighted by molar-refractivity contribution is 7.89. The molecule has 4 rings (SSSR count). The molecule has 30 heavy (non-hydrogen) atoms. The second kappa shape index (κ2) is 8.37. The summed E-state index contributed by atoms with van der Waals surface area (Å²) in [7, 11) is -3.70. The van der Waals surface area contributed by atoms with Crippen molar-refractivity contribution in [1.29, 1.82) is 0 Å². The molecule has 0 aliphatic carbocycles. The van der Waals surface area contributed by atoms with Gasteiger partial charge in [-0.2, -0.15) is 8.99 Å². The van der Waals surface area contributed by atoms with E-state index in [9.17, 15) is 17.6 Å². The fraction of sp³-hybridized carbons (Fsp3) is 0.238. The number of anilines is 1. The second-order valence-corrected chi connectivity index (χ2v) is 8.91. The molecule has 7 nitrogen and oxygen atoms in total. The zero-order chi connectivity index (χ0) is 21.1. The number of nitrogens with zero attached hydrogens (tertiary/aromatic N) is 4. The smallest absolute Gasteiger partial charge is 0.271 e. The van der Waals surface area contributed by atoms with Gasteiger partial charge >= 0.3 is 0 Å². The molecular formula is C21H21FN4O3S. The number of sulfonamides is 1. The van der Waals surface area contributed by atoms with Crippen molar-refractivity contribution in [3.63, 3.8) is 0 Å². The van der Waals surface area contributed by atoms with Crippen molar-refractivity contribution in [2.24, 2.45) is 0 Å². The van der Waals surface area contributed by atoms with Crippen LogP contribution in [0.15, 0.2) is 76.4 Å². The molecule has 0 unspecified atom stereocenters. The van der Waals surface area contributed by atoms with Gasteiger partial charge < -0.3 is 4.90 Å². The molecule has 3 aromatic rings. The van der Waals surface area contributed by atoms with E-state index in [2.05, 4.69) is 5.10 Å². The molecule has 1 aliphatic heterocycles. The van der Waals surface area contributed by atoms with Gasteiger partial charge in [0.15, 0.2) is 0 Å². The van der Waals surface area contributed by atoms with Crippen LogP contribution in [0.3, 0.4) is 0 Å². The average Bonchev–Trinajstić information content (AvgIpc) is 3.02. The highest BCUT2D eigenvalue weighted by atomic mass is 32.2. The molecular weight excluding hydrogens is 407 g/mol. The minimum Gasteiger partial charge on any atom is -0.354 e. The lowest BCUT2D eigenvalue weighted by Crippen LogP contribution is -2.36. The molecule has 0 spiro atoms. The molecule has 2 heterocycles. The third-order valence-corrected chi connectivity index (χ3v) is 6.93. The van der Waals surface area contributed by atoms with Crippen LogP contribution in [0.25, 0.3) is 5.69 Å². The van der Waals surface area contributed by atoms with Gasteiger partial charge in [0, 0.05) is 32.2 Å². The van der Waals surface area contributed by atoms with Crippen molar-refractivity contribution < 1.29 is 12.8 Å². The Morgan fingerprint density at radius 2 is 1.57 bits per heavy atom. The Labute approximate surface area is 174 Å². The van der Waals surface area contributed by atoms with Gasteiger partial charge in [0.05, 0.1) is 10.6 Å². The van der Waals surface area contributed by atoms with Gasteiger partial charge in [-0.15, -0.1) is 5.10 Å². The molecule has 1 aromatic heterocycles. The first kappa shape index (κ1) is 20.2. The van der Waals surface area contributed by atoms with Gasteiger partial charge in [0.1, 0.15) is 11.6 Å². The van der Waals surface area contributed by atoms with Crippen LogP contribution >= 0.6 is 0 Å². The number of aromatic nitrogens is 2. The van der Waals surface area contributed by atoms with Gasteiger partial charge in [0.25, 0.3) is 5.56 Å². The van der Waals surface area contributed by atoms with Gasteiger partial charge in [0.2, 0.25) is 10.0 Å². The van der Waals surface area contributed by atoms with E-state index in [0.717, 1.165) is 12.1 Å². The maximum absolute atomic E-state index is 13.2. The van der Waals surface area contributed by atoms with Gasteiger partial charge in [-0.25, -0.2) is 12.8 Å². The molecule has 156 valence electrons. The number of benzene rings is 2. The maximum atomic E-state index is 13.2. The summed E-state index contributed by atoms with van der Waals surface area (Å²) in [6, 6.07) is 17.1. The van der Waals surface area contributed by atoms with E-state index in [1.807, 2.05) is 23.1 Å². The molecule has 9 heteroatoms. The third-order valence-electron chi connectivity index (χ3n) is 5.02. The van der Waals surface area contributed by atoms with E-state index < -0.39 is 15.8 Å². The Morgan fingerprint density at radius 1 is 0.833 bits per heavy atom. The van der Waals surface area contributed by atoms with Crippen molar-refractivity contribution in [2.45, 2.75) is 11.3 Å². The quantitative estimate of drug-likeness (QED) is 0.637. The number of hydrogen-bond donors (Lipinski definition) is 0. The van der Waals surface area contributed by atoms with E-state index in [1.165, 1.54) is 27.2 Å². The zero-order valence-electron chi connectivity index (χ0n) is 16.2. The fourth-order valence-electron chi connectivity index (χ4n) is 3.44. The number of para-hydroxylation sites is 1. The summed E-state index contributed by atoms with van der Waals surface area (Å²) in [5.74, 6) is 0.134. The van der Waals surface area contributed by atoms with Crippen LogP contribution in [-0.2, 0) is 10.0 Å². The predicted octanol–water partition coefficient (Wildman–Crippen LogP) is 2.27. The Morgan fingerprint density at radius 3 is 2.30 bits per heavy atom. The Balaban J connectivity index is 1.55. The van der Waals surface area contributed by atoms with E-state index in [1.54, 1.807) is 18.2 Å². The summed E-state index contributed by atoms with van der Waals surface area (Å²) in [5.41, 5.74) is 0.431. The SMILES string of the molecule is O=c1ccc(N2CCCN(S(=O)(=O)c3ccc(F)cc3)CC2)nn1-c1ccccc1. The van der Waals surface area contributed by atoms with Crippen molar-refractivity contribution in [1.82, 2.24) is 14.1 Å². The summed E-state index contributed by atoms with van der Waals surface area (Å²) in [6.45, 7) is 1.66. The normalized spacial score (nSPS) is 15.7. The Hall–Kier alpha value is -3.04. The zero-order valence-corrected chi connectivity index (χ0v) is 17.0. The van der Waals surface area contributed by atoms with E-state index >= 15 is 0 Å². The standard InChI is InChI=1S/C21H21FN4O3S/c22-17-7-9-19(10-8-17)30(28,29)25-14-4-13-24(15-16-25)20-11-12-21(27)26(23-20)18-5-2-1-3-6-18/h1-3,5-12H,4,13-16H2. The third kappa shape index (κ3) is 4.12. The van der Waals surface area contributed by atoms with Gasteiger partial charge in [-0.3, -0.25) is 4.79 Å². The molecule has 1 saturated heterocycles. The van der Waals surface area contributed by atoms with Crippen LogP contribution in [0.1, 0.15) is 6.42 Å². The van der Waals surface area contributed by atoms with Crippen molar-refractivity contribution in [2.75, 3.05) is 31.1 Å². The second-order valence-electron chi connectivity index (χ2n) is 6.98. The highest BCUT2D eigenvalue weighted by Crippen LogP contribution is 2.20. The first-order valence-corrected chi connectivity index (χ1v) is 11.1. The summed E-state index contributed by atoms with van der Waals surface area (Å²) in [5, 5.41) is 4.48. The molecule has 0 bridgehead atoms. The lowest BCUT2D eigenvalue weighted by molar-refractivity contribution is 0.433. The van der Waals surface area contributed by atoms with Crippen molar-refractivity contribution >= 4 is 15.8 Å². The average molecular weight is 428 g/mol. The largest absolute Gasteiger partial charge is 0.354 e. The van der Waals surface area contributed by atoms with Crippen LogP contribution in [0.4, 0.5) is 10.2 Å².